The summed E-state index contributed by atoms with van der Waals surface area (Å²) < 4.78 is 4.98. The molecule has 0 spiro atoms. The van der Waals surface area contributed by atoms with Crippen LogP contribution in [0.15, 0.2) is 4.99 Å². The van der Waals surface area contributed by atoms with Gasteiger partial charge in [-0.15, -0.1) is 0 Å². The highest BCUT2D eigenvalue weighted by Crippen LogP contribution is 2.36. The van der Waals surface area contributed by atoms with Gasteiger partial charge >= 0.3 is 0 Å². The van der Waals surface area contributed by atoms with Crippen LogP contribution in [0.25, 0.3) is 0 Å². The van der Waals surface area contributed by atoms with Crippen molar-refractivity contribution < 1.29 is 4.74 Å². The van der Waals surface area contributed by atoms with Gasteiger partial charge in [0.25, 0.3) is 0 Å². The molecule has 0 amide bonds. The number of hydrazine groups is 1. The quantitative estimate of drug-likeness (QED) is 0.244. The second kappa shape index (κ2) is 6.08. The van der Waals surface area contributed by atoms with Crippen LogP contribution in [0.2, 0.25) is 0 Å². The fourth-order valence-corrected chi connectivity index (χ4v) is 2.23. The molecule has 1 saturated carbocycles. The summed E-state index contributed by atoms with van der Waals surface area (Å²) in [5.41, 5.74) is 2.92. The molecule has 0 bridgehead atoms. The maximum absolute atomic E-state index is 5.55. The molecule has 0 unspecified atom stereocenters. The molecule has 1 fully saturated rings. The van der Waals surface area contributed by atoms with E-state index in [1.807, 2.05) is 0 Å². The predicted octanol–water partition coefficient (Wildman–Crippen LogP) is 1.46. The van der Waals surface area contributed by atoms with Crippen molar-refractivity contribution in [3.8, 4) is 0 Å². The van der Waals surface area contributed by atoms with Crippen LogP contribution in [0.1, 0.15) is 39.0 Å². The van der Waals surface area contributed by atoms with E-state index < -0.39 is 0 Å². The van der Waals surface area contributed by atoms with Crippen LogP contribution in [-0.4, -0.2) is 26.1 Å². The van der Waals surface area contributed by atoms with Gasteiger partial charge in [-0.05, 0) is 12.8 Å². The second-order valence-electron chi connectivity index (χ2n) is 4.49. The average Bonchev–Trinajstić information content (AvgIpc) is 2.25. The number of aliphatic imine (C=N–C) groups is 1. The van der Waals surface area contributed by atoms with Gasteiger partial charge in [0.2, 0.25) is 0 Å². The van der Waals surface area contributed by atoms with E-state index in [0.717, 1.165) is 5.84 Å². The Labute approximate surface area is 92.3 Å². The molecule has 0 aromatic carbocycles. The van der Waals surface area contributed by atoms with E-state index >= 15 is 0 Å². The maximum Gasteiger partial charge on any atom is 0.116 e. The Morgan fingerprint density at radius 1 is 1.40 bits per heavy atom. The van der Waals surface area contributed by atoms with E-state index in [2.05, 4.69) is 17.3 Å². The fourth-order valence-electron chi connectivity index (χ4n) is 2.23. The van der Waals surface area contributed by atoms with Crippen molar-refractivity contribution in [3.05, 3.63) is 0 Å². The third-order valence-corrected chi connectivity index (χ3v) is 3.23. The minimum absolute atomic E-state index is 0.154. The van der Waals surface area contributed by atoms with Crippen LogP contribution in [0.3, 0.4) is 0 Å². The maximum atomic E-state index is 5.55. The van der Waals surface area contributed by atoms with Crippen LogP contribution in [-0.2, 0) is 4.74 Å². The molecule has 1 aliphatic rings. The molecule has 0 aromatic rings. The number of hydrogen-bond acceptors (Lipinski definition) is 3. The lowest BCUT2D eigenvalue weighted by Crippen LogP contribution is -2.44. The Bertz CT molecular complexity index is 210. The molecule has 1 aliphatic carbocycles. The topological polar surface area (TPSA) is 59.6 Å². The summed E-state index contributed by atoms with van der Waals surface area (Å²) >= 11 is 0. The number of methoxy groups -OCH3 is 1. The number of rotatable bonds is 4. The summed E-state index contributed by atoms with van der Waals surface area (Å²) in [6, 6.07) is 0. The number of amidine groups is 1. The summed E-state index contributed by atoms with van der Waals surface area (Å²) in [5, 5.41) is 0. The van der Waals surface area contributed by atoms with Crippen molar-refractivity contribution in [2.24, 2.45) is 16.3 Å². The molecule has 4 heteroatoms. The minimum Gasteiger partial charge on any atom is -0.383 e. The van der Waals surface area contributed by atoms with Gasteiger partial charge in [-0.3, -0.25) is 4.99 Å². The number of nitrogens with zero attached hydrogens (tertiary/aromatic N) is 1. The fraction of sp³-hybridized carbons (Fsp3) is 0.909. The van der Waals surface area contributed by atoms with Gasteiger partial charge in [0.15, 0.2) is 0 Å². The van der Waals surface area contributed by atoms with E-state index in [0.29, 0.717) is 13.2 Å². The van der Waals surface area contributed by atoms with Crippen molar-refractivity contribution in [1.29, 1.82) is 0 Å². The van der Waals surface area contributed by atoms with Crippen LogP contribution in [0, 0.1) is 5.41 Å². The summed E-state index contributed by atoms with van der Waals surface area (Å²) in [7, 11) is 1.69. The van der Waals surface area contributed by atoms with Gasteiger partial charge < -0.3 is 10.2 Å². The zero-order chi connectivity index (χ0) is 11.1. The molecule has 0 aromatic heterocycles. The van der Waals surface area contributed by atoms with Crippen molar-refractivity contribution in [1.82, 2.24) is 5.43 Å². The smallest absolute Gasteiger partial charge is 0.116 e. The molecular formula is C11H23N3O. The second-order valence-corrected chi connectivity index (χ2v) is 4.49. The number of hydrogen-bond donors (Lipinski definition) is 2. The zero-order valence-corrected chi connectivity index (χ0v) is 9.88. The summed E-state index contributed by atoms with van der Waals surface area (Å²) in [6.45, 7) is 3.59. The van der Waals surface area contributed by atoms with Crippen molar-refractivity contribution in [2.45, 2.75) is 39.0 Å². The van der Waals surface area contributed by atoms with Crippen LogP contribution < -0.4 is 11.3 Å². The highest BCUT2D eigenvalue weighted by Gasteiger charge is 2.31. The van der Waals surface area contributed by atoms with E-state index in [1.54, 1.807) is 7.11 Å². The molecule has 0 heterocycles. The molecule has 0 aliphatic heterocycles. The SMILES string of the molecule is COCCN=C(NN)C1(C)CCCCC1. The van der Waals surface area contributed by atoms with Crippen molar-refractivity contribution in [3.63, 3.8) is 0 Å². The van der Waals surface area contributed by atoms with Crippen LogP contribution in [0.5, 0.6) is 0 Å². The standard InChI is InChI=1S/C11H23N3O/c1-11(6-4-3-5-7-11)10(14-12)13-8-9-15-2/h3-9,12H2,1-2H3,(H,13,14). The summed E-state index contributed by atoms with van der Waals surface area (Å²) in [6.07, 6.45) is 6.26. The van der Waals surface area contributed by atoms with Gasteiger partial charge in [-0.1, -0.05) is 26.2 Å². The highest BCUT2D eigenvalue weighted by molar-refractivity contribution is 5.87. The molecule has 88 valence electrons. The van der Waals surface area contributed by atoms with Gasteiger partial charge in [-0.2, -0.15) is 0 Å². The molecule has 1 rings (SSSR count). The third-order valence-electron chi connectivity index (χ3n) is 3.23. The molecule has 0 saturated heterocycles. The molecule has 0 atom stereocenters. The monoisotopic (exact) mass is 213 g/mol. The molecule has 3 N–H and O–H groups in total. The highest BCUT2D eigenvalue weighted by atomic mass is 16.5. The first-order valence-electron chi connectivity index (χ1n) is 5.73. The predicted molar refractivity (Wildman–Crippen MR) is 62.7 cm³/mol. The average molecular weight is 213 g/mol. The Morgan fingerprint density at radius 2 is 2.07 bits per heavy atom. The molecule has 4 nitrogen and oxygen atoms in total. The number of nitrogens with one attached hydrogen (secondary N) is 1. The first kappa shape index (κ1) is 12.5. The third kappa shape index (κ3) is 3.47. The van der Waals surface area contributed by atoms with Crippen molar-refractivity contribution in [2.75, 3.05) is 20.3 Å². The van der Waals surface area contributed by atoms with Gasteiger partial charge in [-0.25, -0.2) is 5.84 Å². The Kier molecular flexibility index (Phi) is 5.05. The van der Waals surface area contributed by atoms with E-state index in [4.69, 9.17) is 10.6 Å². The Balaban J connectivity index is 2.58. The Morgan fingerprint density at radius 3 is 2.60 bits per heavy atom. The first-order chi connectivity index (χ1) is 7.23. The molecule has 15 heavy (non-hydrogen) atoms. The number of ether oxygens (including phenoxy) is 1. The normalized spacial score (nSPS) is 21.4. The Hall–Kier alpha value is -0.610. The van der Waals surface area contributed by atoms with E-state index in [-0.39, 0.29) is 5.41 Å². The van der Waals surface area contributed by atoms with Crippen LogP contribution >= 0.6 is 0 Å². The lowest BCUT2D eigenvalue weighted by atomic mass is 9.75. The zero-order valence-electron chi connectivity index (χ0n) is 9.88. The van der Waals surface area contributed by atoms with Gasteiger partial charge in [0.1, 0.15) is 5.84 Å². The van der Waals surface area contributed by atoms with Crippen molar-refractivity contribution >= 4 is 5.84 Å². The minimum atomic E-state index is 0.154. The largest absolute Gasteiger partial charge is 0.383 e. The lowest BCUT2D eigenvalue weighted by Gasteiger charge is -2.34. The van der Waals surface area contributed by atoms with E-state index in [9.17, 15) is 0 Å². The van der Waals surface area contributed by atoms with Gasteiger partial charge in [0.05, 0.1) is 13.2 Å². The van der Waals surface area contributed by atoms with E-state index in [1.165, 1.54) is 32.1 Å². The molecule has 0 radical (unpaired) electrons. The summed E-state index contributed by atoms with van der Waals surface area (Å²) in [5.74, 6) is 6.49. The first-order valence-corrected chi connectivity index (χ1v) is 5.73. The lowest BCUT2D eigenvalue weighted by molar-refractivity contribution is 0.207. The van der Waals surface area contributed by atoms with Crippen LogP contribution in [0.4, 0.5) is 0 Å². The summed E-state index contributed by atoms with van der Waals surface area (Å²) in [4.78, 5) is 4.48. The molecular weight excluding hydrogens is 190 g/mol. The number of nitrogens with two attached hydrogens (primary N) is 1. The van der Waals surface area contributed by atoms with Gasteiger partial charge in [0, 0.05) is 12.5 Å².